The molecule has 0 bridgehead atoms. The third kappa shape index (κ3) is 2.94. The molecular formula is C20H15N3O. The monoisotopic (exact) mass is 313 g/mol. The summed E-state index contributed by atoms with van der Waals surface area (Å²) in [6, 6.07) is 19.8. The first-order chi connectivity index (χ1) is 11.8. The number of aromatic amines is 1. The zero-order valence-electron chi connectivity index (χ0n) is 12.9. The zero-order chi connectivity index (χ0) is 16.4. The Balaban J connectivity index is 1.71. The second kappa shape index (κ2) is 6.08. The number of nitrogens with zero attached hydrogens (tertiary/aromatic N) is 2. The van der Waals surface area contributed by atoms with Crippen LogP contribution in [0.15, 0.2) is 77.9 Å². The molecule has 116 valence electrons. The van der Waals surface area contributed by atoms with Gasteiger partial charge in [0.25, 0.3) is 5.56 Å². The summed E-state index contributed by atoms with van der Waals surface area (Å²) in [5, 5.41) is 2.39. The quantitative estimate of drug-likeness (QED) is 0.629. The number of fused-ring (bicyclic) bond motifs is 1. The van der Waals surface area contributed by atoms with Crippen molar-refractivity contribution in [3.63, 3.8) is 0 Å². The second-order valence-corrected chi connectivity index (χ2v) is 5.67. The highest BCUT2D eigenvalue weighted by Gasteiger charge is 2.05. The van der Waals surface area contributed by atoms with Gasteiger partial charge in [0.15, 0.2) is 0 Å². The van der Waals surface area contributed by atoms with Gasteiger partial charge in [-0.1, -0.05) is 42.5 Å². The average molecular weight is 313 g/mol. The van der Waals surface area contributed by atoms with Crippen molar-refractivity contribution < 1.29 is 0 Å². The molecule has 0 aliphatic carbocycles. The van der Waals surface area contributed by atoms with Crippen LogP contribution in [0, 0.1) is 0 Å². The lowest BCUT2D eigenvalue weighted by Crippen LogP contribution is -2.11. The Morgan fingerprint density at radius 2 is 1.67 bits per heavy atom. The van der Waals surface area contributed by atoms with Gasteiger partial charge in [0.05, 0.1) is 5.69 Å². The smallest absolute Gasteiger partial charge is 0.273 e. The van der Waals surface area contributed by atoms with E-state index in [2.05, 4.69) is 45.3 Å². The van der Waals surface area contributed by atoms with Gasteiger partial charge in [0, 0.05) is 30.4 Å². The molecule has 4 nitrogen and oxygen atoms in total. The SMILES string of the molecule is O=c1cc(-c2ccncc2)[nH]c(Cc2ccc3ccccc3c2)n1. The lowest BCUT2D eigenvalue weighted by atomic mass is 10.0. The minimum atomic E-state index is -0.239. The van der Waals surface area contributed by atoms with Gasteiger partial charge in [0.2, 0.25) is 0 Å². The largest absolute Gasteiger partial charge is 0.343 e. The van der Waals surface area contributed by atoms with Gasteiger partial charge < -0.3 is 4.98 Å². The molecule has 0 spiro atoms. The van der Waals surface area contributed by atoms with E-state index in [4.69, 9.17) is 0 Å². The molecule has 2 aromatic heterocycles. The molecule has 4 rings (SSSR count). The summed E-state index contributed by atoms with van der Waals surface area (Å²) in [6.45, 7) is 0. The molecule has 4 aromatic rings. The van der Waals surface area contributed by atoms with E-state index in [0.717, 1.165) is 16.8 Å². The molecule has 0 aliphatic heterocycles. The highest BCUT2D eigenvalue weighted by atomic mass is 16.1. The molecule has 0 fully saturated rings. The van der Waals surface area contributed by atoms with E-state index in [9.17, 15) is 4.79 Å². The van der Waals surface area contributed by atoms with Crippen molar-refractivity contribution in [3.05, 3.63) is 94.8 Å². The third-order valence-electron chi connectivity index (χ3n) is 3.97. The zero-order valence-corrected chi connectivity index (χ0v) is 12.9. The molecule has 2 aromatic carbocycles. The summed E-state index contributed by atoms with van der Waals surface area (Å²) in [5.74, 6) is 0.657. The van der Waals surface area contributed by atoms with Gasteiger partial charge >= 0.3 is 0 Å². The molecule has 1 N–H and O–H groups in total. The highest BCUT2D eigenvalue weighted by molar-refractivity contribution is 5.83. The molecule has 4 heteroatoms. The van der Waals surface area contributed by atoms with Crippen LogP contribution in [-0.4, -0.2) is 15.0 Å². The van der Waals surface area contributed by atoms with Crippen LogP contribution < -0.4 is 5.56 Å². The minimum absolute atomic E-state index is 0.239. The van der Waals surface area contributed by atoms with E-state index in [1.54, 1.807) is 12.4 Å². The number of hydrogen-bond acceptors (Lipinski definition) is 3. The minimum Gasteiger partial charge on any atom is -0.343 e. The maximum Gasteiger partial charge on any atom is 0.273 e. The first-order valence-corrected chi connectivity index (χ1v) is 7.76. The van der Waals surface area contributed by atoms with E-state index >= 15 is 0 Å². The summed E-state index contributed by atoms with van der Waals surface area (Å²) in [6.07, 6.45) is 3.99. The summed E-state index contributed by atoms with van der Waals surface area (Å²) >= 11 is 0. The van der Waals surface area contributed by atoms with Crippen LogP contribution in [0.1, 0.15) is 11.4 Å². The summed E-state index contributed by atoms with van der Waals surface area (Å²) in [5.41, 5.74) is 2.55. The number of hydrogen-bond donors (Lipinski definition) is 1. The van der Waals surface area contributed by atoms with Gasteiger partial charge in [0.1, 0.15) is 5.82 Å². The standard InChI is InChI=1S/C20H15N3O/c24-20-13-18(16-7-9-21-10-8-16)22-19(23-20)12-14-5-6-15-3-1-2-4-17(15)11-14/h1-11,13H,12H2,(H,22,23,24). The fraction of sp³-hybridized carbons (Fsp3) is 0.0500. The number of nitrogens with one attached hydrogen (secondary N) is 1. The molecule has 0 atom stereocenters. The molecule has 0 saturated heterocycles. The van der Waals surface area contributed by atoms with Crippen molar-refractivity contribution in [1.29, 1.82) is 0 Å². The van der Waals surface area contributed by atoms with Gasteiger partial charge in [-0.25, -0.2) is 0 Å². The van der Waals surface area contributed by atoms with Crippen molar-refractivity contribution >= 4 is 10.8 Å². The number of H-pyrrole nitrogens is 1. The molecule has 24 heavy (non-hydrogen) atoms. The molecule has 0 aliphatic rings. The van der Waals surface area contributed by atoms with E-state index < -0.39 is 0 Å². The highest BCUT2D eigenvalue weighted by Crippen LogP contribution is 2.18. The van der Waals surface area contributed by atoms with E-state index in [1.807, 2.05) is 24.3 Å². The average Bonchev–Trinajstić information content (AvgIpc) is 2.62. The van der Waals surface area contributed by atoms with Crippen molar-refractivity contribution in [1.82, 2.24) is 15.0 Å². The molecule has 0 amide bonds. The summed E-state index contributed by atoms with van der Waals surface area (Å²) in [7, 11) is 0. The lowest BCUT2D eigenvalue weighted by Gasteiger charge is -2.06. The van der Waals surface area contributed by atoms with Gasteiger partial charge in [-0.15, -0.1) is 0 Å². The fourth-order valence-corrected chi connectivity index (χ4v) is 2.82. The van der Waals surface area contributed by atoms with Gasteiger partial charge in [-0.2, -0.15) is 4.98 Å². The maximum atomic E-state index is 11.9. The lowest BCUT2D eigenvalue weighted by molar-refractivity contribution is 0.951. The first kappa shape index (κ1) is 14.3. The molecule has 2 heterocycles. The predicted octanol–water partition coefficient (Wildman–Crippen LogP) is 3.58. The first-order valence-electron chi connectivity index (χ1n) is 7.76. The van der Waals surface area contributed by atoms with E-state index in [1.165, 1.54) is 16.8 Å². The van der Waals surface area contributed by atoms with Crippen LogP contribution in [0.2, 0.25) is 0 Å². The Morgan fingerprint density at radius 1 is 0.875 bits per heavy atom. The van der Waals surface area contributed by atoms with Gasteiger partial charge in [-0.3, -0.25) is 9.78 Å². The number of benzene rings is 2. The maximum absolute atomic E-state index is 11.9. The van der Waals surface area contributed by atoms with Crippen molar-refractivity contribution in [2.75, 3.05) is 0 Å². The van der Waals surface area contributed by atoms with Crippen LogP contribution in [0.4, 0.5) is 0 Å². The normalized spacial score (nSPS) is 10.8. The number of pyridine rings is 1. The summed E-state index contributed by atoms with van der Waals surface area (Å²) < 4.78 is 0. The van der Waals surface area contributed by atoms with E-state index in [-0.39, 0.29) is 5.56 Å². The van der Waals surface area contributed by atoms with Crippen molar-refractivity contribution in [3.8, 4) is 11.3 Å². The van der Waals surface area contributed by atoms with E-state index in [0.29, 0.717) is 12.2 Å². The van der Waals surface area contributed by atoms with Crippen LogP contribution >= 0.6 is 0 Å². The van der Waals surface area contributed by atoms with Crippen molar-refractivity contribution in [2.45, 2.75) is 6.42 Å². The van der Waals surface area contributed by atoms with Crippen LogP contribution in [-0.2, 0) is 6.42 Å². The number of rotatable bonds is 3. The third-order valence-corrected chi connectivity index (χ3v) is 3.97. The Bertz CT molecular complexity index is 1050. The second-order valence-electron chi connectivity index (χ2n) is 5.67. The Hall–Kier alpha value is -3.27. The molecular weight excluding hydrogens is 298 g/mol. The molecule has 0 saturated carbocycles. The fourth-order valence-electron chi connectivity index (χ4n) is 2.82. The predicted molar refractivity (Wildman–Crippen MR) is 94.8 cm³/mol. The Kier molecular flexibility index (Phi) is 3.63. The van der Waals surface area contributed by atoms with Crippen LogP contribution in [0.25, 0.3) is 22.0 Å². The van der Waals surface area contributed by atoms with Crippen LogP contribution in [0.5, 0.6) is 0 Å². The number of aromatic nitrogens is 3. The van der Waals surface area contributed by atoms with Gasteiger partial charge in [-0.05, 0) is 28.5 Å². The molecule has 0 radical (unpaired) electrons. The summed E-state index contributed by atoms with van der Waals surface area (Å²) in [4.78, 5) is 23.3. The molecule has 0 unspecified atom stereocenters. The Labute approximate surface area is 138 Å². The topological polar surface area (TPSA) is 58.6 Å². The Morgan fingerprint density at radius 3 is 2.50 bits per heavy atom. The van der Waals surface area contributed by atoms with Crippen molar-refractivity contribution in [2.24, 2.45) is 0 Å². The van der Waals surface area contributed by atoms with Crippen LogP contribution in [0.3, 0.4) is 0 Å².